The molecule has 0 bridgehead atoms. The fraction of sp³-hybridized carbons (Fsp3) is 1.00. The average Bonchev–Trinajstić information content (AvgIpc) is 1.78. The first-order valence-electron chi connectivity index (χ1n) is 2.79. The summed E-state index contributed by atoms with van der Waals surface area (Å²) in [4.78, 5) is 0. The number of hydrogen-bond donors (Lipinski definition) is 2. The van der Waals surface area contributed by atoms with E-state index < -0.39 is 37.7 Å². The van der Waals surface area contributed by atoms with Gasteiger partial charge in [0, 0.05) is 6.42 Å². The molecule has 0 saturated heterocycles. The third-order valence-electron chi connectivity index (χ3n) is 0.986. The van der Waals surface area contributed by atoms with Gasteiger partial charge in [0.1, 0.15) is 0 Å². The van der Waals surface area contributed by atoms with Gasteiger partial charge in [-0.3, -0.25) is 0 Å². The summed E-state index contributed by atoms with van der Waals surface area (Å²) in [5.74, 6) is -0.745. The van der Waals surface area contributed by atoms with E-state index >= 15 is 0 Å². The van der Waals surface area contributed by atoms with Gasteiger partial charge in [0.2, 0.25) is 25.6 Å². The third-order valence-corrected chi connectivity index (χ3v) is 2.74. The molecule has 0 aromatic heterocycles. The molecule has 0 aliphatic heterocycles. The minimum absolute atomic E-state index is 0.738. The zero-order valence-corrected chi connectivity index (χ0v) is 7.61. The van der Waals surface area contributed by atoms with Crippen molar-refractivity contribution in [1.82, 2.24) is 0 Å². The van der Waals surface area contributed by atoms with E-state index in [-0.39, 0.29) is 0 Å². The van der Waals surface area contributed by atoms with Crippen LogP contribution in [-0.4, -0.2) is 28.1 Å². The lowest BCUT2D eigenvalue weighted by Gasteiger charge is -2.03. The van der Waals surface area contributed by atoms with E-state index in [1.54, 1.807) is 0 Å². The number of hydrogen-bond acceptors (Lipinski definition) is 4. The first-order valence-corrected chi connectivity index (χ1v) is 6.11. The summed E-state index contributed by atoms with van der Waals surface area (Å²) in [6.45, 7) is 0. The van der Waals surface area contributed by atoms with Gasteiger partial charge in [0.05, 0.1) is 5.75 Å². The van der Waals surface area contributed by atoms with Gasteiger partial charge in [-0.2, -0.15) is 0 Å². The summed E-state index contributed by atoms with van der Waals surface area (Å²) in [6.07, 6.45) is -0.738. The molecular weight excluding hydrogens is 211 g/mol. The van der Waals surface area contributed by atoms with Crippen LogP contribution in [0.3, 0.4) is 0 Å². The molecule has 9 heteroatoms. The number of rotatable bonds is 4. The van der Waals surface area contributed by atoms with E-state index in [1.165, 1.54) is 0 Å². The Kier molecular flexibility index (Phi) is 3.57. The van der Waals surface area contributed by atoms with E-state index in [0.29, 0.717) is 0 Å². The lowest BCUT2D eigenvalue weighted by atomic mass is 10.5. The molecule has 0 saturated carbocycles. The molecule has 1 unspecified atom stereocenters. The topological polar surface area (TPSA) is 120 Å². The second kappa shape index (κ2) is 3.64. The molecule has 4 N–H and O–H groups in total. The number of nitrogens with two attached hydrogens (primary N) is 2. The van der Waals surface area contributed by atoms with Crippen LogP contribution >= 0.6 is 0 Å². The van der Waals surface area contributed by atoms with Crippen molar-refractivity contribution in [2.75, 3.05) is 5.75 Å². The van der Waals surface area contributed by atoms with Crippen molar-refractivity contribution < 1.29 is 21.2 Å². The largest absolute Gasteiger partial charge is 0.241 e. The van der Waals surface area contributed by atoms with Crippen molar-refractivity contribution in [1.29, 1.82) is 0 Å². The summed E-state index contributed by atoms with van der Waals surface area (Å²) in [7, 11) is -8.15. The highest BCUT2D eigenvalue weighted by Gasteiger charge is 2.21. The summed E-state index contributed by atoms with van der Waals surface area (Å²) in [5, 5.41) is 8.87. The molecule has 0 heterocycles. The van der Waals surface area contributed by atoms with Gasteiger partial charge in [0.25, 0.3) is 0 Å². The average molecular weight is 220 g/mol. The van der Waals surface area contributed by atoms with Crippen LogP contribution in [0.1, 0.15) is 6.42 Å². The van der Waals surface area contributed by atoms with Crippen LogP contribution in [-0.2, 0) is 20.0 Å². The molecule has 0 aliphatic carbocycles. The van der Waals surface area contributed by atoms with Gasteiger partial charge in [-0.1, -0.05) is 0 Å². The maximum atomic E-state index is 12.4. The predicted molar refractivity (Wildman–Crippen MR) is 40.6 cm³/mol. The Morgan fingerprint density at radius 1 is 1.17 bits per heavy atom. The van der Waals surface area contributed by atoms with Gasteiger partial charge >= 0.3 is 0 Å². The van der Waals surface area contributed by atoms with Crippen LogP contribution in [0, 0.1) is 0 Å². The Balaban J connectivity index is 4.16. The normalized spacial score (nSPS) is 15.9. The van der Waals surface area contributed by atoms with Crippen LogP contribution < -0.4 is 10.3 Å². The van der Waals surface area contributed by atoms with Crippen LogP contribution in [0.5, 0.6) is 0 Å². The predicted octanol–water partition coefficient (Wildman–Crippen LogP) is -1.75. The quantitative estimate of drug-likeness (QED) is 0.583. The van der Waals surface area contributed by atoms with Crippen LogP contribution in [0.25, 0.3) is 0 Å². The van der Waals surface area contributed by atoms with Crippen LogP contribution in [0.4, 0.5) is 4.39 Å². The van der Waals surface area contributed by atoms with E-state index in [2.05, 4.69) is 10.3 Å². The molecule has 0 aromatic rings. The van der Waals surface area contributed by atoms with Gasteiger partial charge in [-0.15, -0.1) is 0 Å². The number of halogens is 1. The second-order valence-electron chi connectivity index (χ2n) is 2.15. The molecule has 0 aromatic carbocycles. The van der Waals surface area contributed by atoms with Crippen molar-refractivity contribution >= 4 is 20.0 Å². The number of sulfonamides is 2. The molecule has 74 valence electrons. The van der Waals surface area contributed by atoms with E-state index in [1.807, 2.05) is 0 Å². The maximum absolute atomic E-state index is 12.4. The minimum atomic E-state index is -4.31. The lowest BCUT2D eigenvalue weighted by Crippen LogP contribution is -2.28. The highest BCUT2D eigenvalue weighted by molar-refractivity contribution is 7.90. The third kappa shape index (κ3) is 5.41. The van der Waals surface area contributed by atoms with E-state index in [0.717, 1.165) is 0 Å². The standard InChI is InChI=1S/C3H9FN2O4S2/c4-3(12(6,9)10)1-2-11(5,7)8/h3H,1-2H2,(H2,5,7,8)(H2,6,9,10). The Hall–Kier alpha value is -0.250. The van der Waals surface area contributed by atoms with Gasteiger partial charge in [-0.05, 0) is 0 Å². The SMILES string of the molecule is NS(=O)(=O)CCC(F)S(N)(=O)=O. The van der Waals surface area contributed by atoms with E-state index in [4.69, 9.17) is 0 Å². The Labute approximate surface area is 69.8 Å². The molecule has 1 atom stereocenters. The minimum Gasteiger partial charge on any atom is -0.229 e. The Morgan fingerprint density at radius 2 is 1.58 bits per heavy atom. The molecule has 0 spiro atoms. The summed E-state index contributed by atoms with van der Waals surface area (Å²) in [5.41, 5.74) is -2.38. The summed E-state index contributed by atoms with van der Waals surface area (Å²) in [6, 6.07) is 0. The first kappa shape index (κ1) is 11.8. The number of primary sulfonamides is 2. The molecule has 0 aliphatic rings. The molecule has 6 nitrogen and oxygen atoms in total. The Bertz CT molecular complexity index is 333. The fourth-order valence-corrected chi connectivity index (χ4v) is 1.55. The van der Waals surface area contributed by atoms with E-state index in [9.17, 15) is 21.2 Å². The zero-order chi connectivity index (χ0) is 9.99. The van der Waals surface area contributed by atoms with Gasteiger partial charge in [0.15, 0.2) is 0 Å². The molecule has 0 amide bonds. The second-order valence-corrected chi connectivity index (χ2v) is 5.58. The fourth-order valence-electron chi connectivity index (χ4n) is 0.421. The van der Waals surface area contributed by atoms with Crippen molar-refractivity contribution in [3.8, 4) is 0 Å². The van der Waals surface area contributed by atoms with Crippen LogP contribution in [0.2, 0.25) is 0 Å². The smallest absolute Gasteiger partial charge is 0.229 e. The molecule has 0 radical (unpaired) electrons. The van der Waals surface area contributed by atoms with Crippen molar-refractivity contribution in [2.45, 2.75) is 11.9 Å². The molecule has 0 fully saturated rings. The monoisotopic (exact) mass is 220 g/mol. The van der Waals surface area contributed by atoms with Crippen LogP contribution in [0.15, 0.2) is 0 Å². The highest BCUT2D eigenvalue weighted by Crippen LogP contribution is 2.04. The Morgan fingerprint density at radius 3 is 1.83 bits per heavy atom. The summed E-state index contributed by atoms with van der Waals surface area (Å²) >= 11 is 0. The first-order chi connectivity index (χ1) is 5.13. The van der Waals surface area contributed by atoms with Crippen molar-refractivity contribution in [3.05, 3.63) is 0 Å². The summed E-state index contributed by atoms with van der Waals surface area (Å²) < 4.78 is 53.3. The highest BCUT2D eigenvalue weighted by atomic mass is 32.2. The van der Waals surface area contributed by atoms with Gasteiger partial charge < -0.3 is 0 Å². The van der Waals surface area contributed by atoms with Crippen molar-refractivity contribution in [3.63, 3.8) is 0 Å². The lowest BCUT2D eigenvalue weighted by molar-refractivity contribution is 0.410. The number of alkyl halides is 1. The molecular formula is C3H9FN2O4S2. The molecule has 0 rings (SSSR count). The molecule has 12 heavy (non-hydrogen) atoms. The van der Waals surface area contributed by atoms with Gasteiger partial charge in [-0.25, -0.2) is 31.5 Å². The van der Waals surface area contributed by atoms with Crippen molar-refractivity contribution in [2.24, 2.45) is 10.3 Å². The maximum Gasteiger partial charge on any atom is 0.241 e. The zero-order valence-electron chi connectivity index (χ0n) is 5.97.